The molecule has 3 heterocycles. The number of aromatic amines is 1. The summed E-state index contributed by atoms with van der Waals surface area (Å²) in [5.74, 6) is 8.19. The molecule has 1 amide bonds. The van der Waals surface area contributed by atoms with Gasteiger partial charge in [-0.25, -0.2) is 14.8 Å². The molecule has 9 nitrogen and oxygen atoms in total. The second-order valence-corrected chi connectivity index (χ2v) is 6.88. The molecule has 30 heavy (non-hydrogen) atoms. The van der Waals surface area contributed by atoms with E-state index in [9.17, 15) is 4.79 Å². The van der Waals surface area contributed by atoms with Crippen LogP contribution in [0.25, 0.3) is 11.0 Å². The standard InChI is InChI=1S/C21H21N5O4/c1-29-16-7-13(8-17(10-16)30-2)3-4-14-9-18-19(24-14)22-12-23-20(18)25-15-5-6-26(11-15)21(27)28/h7-10,12,15H,5-6,11H2,1-2H3,(H,27,28)(H2,22,23,24,25). The number of nitrogens with one attached hydrogen (secondary N) is 2. The zero-order valence-electron chi connectivity index (χ0n) is 16.6. The minimum atomic E-state index is -0.902. The molecule has 0 radical (unpaired) electrons. The van der Waals surface area contributed by atoms with Crippen LogP contribution in [0.15, 0.2) is 30.6 Å². The van der Waals surface area contributed by atoms with Gasteiger partial charge in [-0.05, 0) is 30.5 Å². The number of nitrogens with zero attached hydrogens (tertiary/aromatic N) is 3. The molecule has 1 aliphatic rings. The first-order valence-electron chi connectivity index (χ1n) is 9.39. The number of rotatable bonds is 4. The number of aromatic nitrogens is 3. The van der Waals surface area contributed by atoms with Gasteiger partial charge in [-0.1, -0.05) is 5.92 Å². The van der Waals surface area contributed by atoms with Crippen molar-refractivity contribution in [3.8, 4) is 23.3 Å². The van der Waals surface area contributed by atoms with Crippen LogP contribution in [-0.4, -0.2) is 64.4 Å². The van der Waals surface area contributed by atoms with Crippen LogP contribution in [0.5, 0.6) is 11.5 Å². The largest absolute Gasteiger partial charge is 0.497 e. The molecule has 2 aromatic heterocycles. The lowest BCUT2D eigenvalue weighted by atomic mass is 10.2. The maximum Gasteiger partial charge on any atom is 0.407 e. The molecule has 154 valence electrons. The van der Waals surface area contributed by atoms with Gasteiger partial charge in [-0.3, -0.25) is 0 Å². The molecular formula is C21H21N5O4. The third kappa shape index (κ3) is 4.07. The molecule has 1 atom stereocenters. The van der Waals surface area contributed by atoms with Crippen molar-refractivity contribution in [2.45, 2.75) is 12.5 Å². The maximum atomic E-state index is 11.1. The van der Waals surface area contributed by atoms with E-state index in [1.807, 2.05) is 18.2 Å². The average molecular weight is 407 g/mol. The lowest BCUT2D eigenvalue weighted by molar-refractivity contribution is 0.155. The predicted octanol–water partition coefficient (Wildman–Crippen LogP) is 2.54. The van der Waals surface area contributed by atoms with Crippen molar-refractivity contribution in [1.82, 2.24) is 19.9 Å². The molecule has 3 aromatic rings. The Kier molecular flexibility index (Phi) is 5.30. The van der Waals surface area contributed by atoms with E-state index in [-0.39, 0.29) is 6.04 Å². The molecule has 1 saturated heterocycles. The van der Waals surface area contributed by atoms with Crippen LogP contribution < -0.4 is 14.8 Å². The number of fused-ring (bicyclic) bond motifs is 1. The zero-order valence-corrected chi connectivity index (χ0v) is 16.6. The van der Waals surface area contributed by atoms with E-state index in [1.165, 1.54) is 11.2 Å². The van der Waals surface area contributed by atoms with E-state index in [1.54, 1.807) is 20.3 Å². The Morgan fingerprint density at radius 1 is 1.20 bits per heavy atom. The van der Waals surface area contributed by atoms with Gasteiger partial charge < -0.3 is 29.8 Å². The van der Waals surface area contributed by atoms with E-state index in [0.29, 0.717) is 41.7 Å². The number of H-pyrrole nitrogens is 1. The van der Waals surface area contributed by atoms with Crippen LogP contribution in [-0.2, 0) is 0 Å². The summed E-state index contributed by atoms with van der Waals surface area (Å²) in [6, 6.07) is 7.34. The number of hydrogen-bond acceptors (Lipinski definition) is 6. The summed E-state index contributed by atoms with van der Waals surface area (Å²) in [5.41, 5.74) is 2.11. The third-order valence-corrected chi connectivity index (χ3v) is 4.92. The van der Waals surface area contributed by atoms with Gasteiger partial charge in [-0.15, -0.1) is 0 Å². The monoisotopic (exact) mass is 407 g/mol. The molecule has 0 aliphatic carbocycles. The fraction of sp³-hybridized carbons (Fsp3) is 0.286. The molecule has 1 aromatic carbocycles. The number of hydrogen-bond donors (Lipinski definition) is 3. The van der Waals surface area contributed by atoms with Crippen molar-refractivity contribution in [2.24, 2.45) is 0 Å². The zero-order chi connectivity index (χ0) is 21.1. The molecule has 0 spiro atoms. The van der Waals surface area contributed by atoms with E-state index >= 15 is 0 Å². The molecular weight excluding hydrogens is 386 g/mol. The fourth-order valence-corrected chi connectivity index (χ4v) is 3.39. The van der Waals surface area contributed by atoms with Crippen LogP contribution in [0, 0.1) is 11.8 Å². The number of carbonyl (C=O) groups is 1. The van der Waals surface area contributed by atoms with Crippen molar-refractivity contribution in [2.75, 3.05) is 32.6 Å². The van der Waals surface area contributed by atoms with Gasteiger partial charge in [0.15, 0.2) is 0 Å². The Balaban J connectivity index is 1.57. The normalized spacial score (nSPS) is 15.5. The summed E-state index contributed by atoms with van der Waals surface area (Å²) in [6.45, 7) is 0.935. The quantitative estimate of drug-likeness (QED) is 0.570. The molecule has 3 N–H and O–H groups in total. The average Bonchev–Trinajstić information content (AvgIpc) is 3.39. The second kappa shape index (κ2) is 8.21. The molecule has 4 rings (SSSR count). The van der Waals surface area contributed by atoms with Crippen LogP contribution in [0.3, 0.4) is 0 Å². The van der Waals surface area contributed by atoms with Gasteiger partial charge in [-0.2, -0.15) is 0 Å². The topological polar surface area (TPSA) is 113 Å². The number of benzene rings is 1. The summed E-state index contributed by atoms with van der Waals surface area (Å²) < 4.78 is 10.6. The first-order chi connectivity index (χ1) is 14.6. The maximum absolute atomic E-state index is 11.1. The molecule has 9 heteroatoms. The van der Waals surface area contributed by atoms with Crippen LogP contribution in [0.1, 0.15) is 17.7 Å². The van der Waals surface area contributed by atoms with Gasteiger partial charge >= 0.3 is 6.09 Å². The molecule has 1 unspecified atom stereocenters. The minimum absolute atomic E-state index is 0.00730. The van der Waals surface area contributed by atoms with Crippen molar-refractivity contribution in [3.05, 3.63) is 41.9 Å². The Morgan fingerprint density at radius 2 is 1.97 bits per heavy atom. The van der Waals surface area contributed by atoms with Crippen molar-refractivity contribution in [1.29, 1.82) is 0 Å². The third-order valence-electron chi connectivity index (χ3n) is 4.92. The summed E-state index contributed by atoms with van der Waals surface area (Å²) in [6.07, 6.45) is 1.29. The Morgan fingerprint density at radius 3 is 2.63 bits per heavy atom. The molecule has 0 saturated carbocycles. The van der Waals surface area contributed by atoms with Gasteiger partial charge in [0.25, 0.3) is 0 Å². The summed E-state index contributed by atoms with van der Waals surface area (Å²) in [5, 5.41) is 13.3. The number of ether oxygens (including phenoxy) is 2. The number of likely N-dealkylation sites (tertiary alicyclic amines) is 1. The highest BCUT2D eigenvalue weighted by Crippen LogP contribution is 2.24. The van der Waals surface area contributed by atoms with Crippen molar-refractivity contribution in [3.63, 3.8) is 0 Å². The van der Waals surface area contributed by atoms with Gasteiger partial charge in [0.2, 0.25) is 0 Å². The van der Waals surface area contributed by atoms with E-state index < -0.39 is 6.09 Å². The Labute approximate surface area is 173 Å². The van der Waals surface area contributed by atoms with Gasteiger partial charge in [0, 0.05) is 30.8 Å². The number of methoxy groups -OCH3 is 2. The highest BCUT2D eigenvalue weighted by atomic mass is 16.5. The van der Waals surface area contributed by atoms with Gasteiger partial charge in [0.1, 0.15) is 29.3 Å². The SMILES string of the molecule is COc1cc(C#Cc2cc3c(NC4CCN(C(=O)O)C4)ncnc3[nH]2)cc(OC)c1. The summed E-state index contributed by atoms with van der Waals surface area (Å²) in [7, 11) is 3.19. The van der Waals surface area contributed by atoms with Crippen LogP contribution >= 0.6 is 0 Å². The van der Waals surface area contributed by atoms with Crippen LogP contribution in [0.4, 0.5) is 10.6 Å². The summed E-state index contributed by atoms with van der Waals surface area (Å²) in [4.78, 5) is 24.3. The van der Waals surface area contributed by atoms with Crippen molar-refractivity contribution >= 4 is 22.9 Å². The van der Waals surface area contributed by atoms with E-state index in [2.05, 4.69) is 32.1 Å². The minimum Gasteiger partial charge on any atom is -0.497 e. The second-order valence-electron chi connectivity index (χ2n) is 6.88. The fourth-order valence-electron chi connectivity index (χ4n) is 3.39. The molecule has 1 fully saturated rings. The number of carboxylic acid groups (broad SMARTS) is 1. The van der Waals surface area contributed by atoms with E-state index in [4.69, 9.17) is 14.6 Å². The van der Waals surface area contributed by atoms with Crippen molar-refractivity contribution < 1.29 is 19.4 Å². The smallest absolute Gasteiger partial charge is 0.407 e. The van der Waals surface area contributed by atoms with Gasteiger partial charge in [0.05, 0.1) is 25.3 Å². The first kappa shape index (κ1) is 19.4. The Bertz CT molecular complexity index is 1120. The van der Waals surface area contributed by atoms with E-state index in [0.717, 1.165) is 17.4 Å². The highest BCUT2D eigenvalue weighted by molar-refractivity contribution is 5.88. The predicted molar refractivity (Wildman–Crippen MR) is 111 cm³/mol. The number of anilines is 1. The molecule has 1 aliphatic heterocycles. The van der Waals surface area contributed by atoms with Crippen LogP contribution in [0.2, 0.25) is 0 Å². The Hall–Kier alpha value is -3.93. The lowest BCUT2D eigenvalue weighted by Gasteiger charge is -2.14. The first-order valence-corrected chi connectivity index (χ1v) is 9.39. The summed E-state index contributed by atoms with van der Waals surface area (Å²) >= 11 is 0. The molecule has 0 bridgehead atoms. The highest BCUT2D eigenvalue weighted by Gasteiger charge is 2.26. The lowest BCUT2D eigenvalue weighted by Crippen LogP contribution is -2.30. The number of amides is 1.